The minimum atomic E-state index is -1.10. The molecule has 0 fully saturated rings. The SMILES string of the molecule is CCOc1cc(C(Nc2ccc(C#N)cc2)C(=O)O)c(OCCOCc2ccccc2)cc1CC(C)C. The van der Waals surface area contributed by atoms with Crippen LogP contribution in [-0.4, -0.2) is 30.9 Å². The molecule has 0 aliphatic carbocycles. The lowest BCUT2D eigenvalue weighted by Gasteiger charge is -2.23. The first kappa shape index (κ1) is 27.6. The number of carboxylic acid groups (broad SMARTS) is 1. The Balaban J connectivity index is 1.86. The number of rotatable bonds is 14. The summed E-state index contributed by atoms with van der Waals surface area (Å²) in [5.74, 6) is 0.426. The maximum absolute atomic E-state index is 12.4. The molecule has 1 atom stereocenters. The Bertz CT molecular complexity index is 1190. The molecule has 0 aromatic heterocycles. The number of nitrogens with one attached hydrogen (secondary N) is 1. The van der Waals surface area contributed by atoms with Gasteiger partial charge in [-0.25, -0.2) is 4.79 Å². The van der Waals surface area contributed by atoms with Crippen LogP contribution in [0, 0.1) is 17.2 Å². The van der Waals surface area contributed by atoms with E-state index in [1.165, 1.54) is 0 Å². The van der Waals surface area contributed by atoms with Crippen molar-refractivity contribution in [2.75, 3.05) is 25.1 Å². The van der Waals surface area contributed by atoms with Crippen molar-refractivity contribution in [1.29, 1.82) is 5.26 Å². The minimum Gasteiger partial charge on any atom is -0.494 e. The fourth-order valence-corrected chi connectivity index (χ4v) is 3.91. The Kier molecular flexibility index (Phi) is 10.4. The molecule has 1 unspecified atom stereocenters. The molecule has 0 aliphatic heterocycles. The van der Waals surface area contributed by atoms with Gasteiger partial charge in [0, 0.05) is 11.3 Å². The van der Waals surface area contributed by atoms with Crippen molar-refractivity contribution in [2.24, 2.45) is 5.92 Å². The fraction of sp³-hybridized carbons (Fsp3) is 0.333. The number of hydrogen-bond acceptors (Lipinski definition) is 6. The average molecular weight is 503 g/mol. The maximum atomic E-state index is 12.4. The van der Waals surface area contributed by atoms with Gasteiger partial charge in [-0.1, -0.05) is 44.2 Å². The van der Waals surface area contributed by atoms with Crippen LogP contribution < -0.4 is 14.8 Å². The third kappa shape index (κ3) is 8.26. The number of carbonyl (C=O) groups is 1. The second-order valence-electron chi connectivity index (χ2n) is 9.02. The van der Waals surface area contributed by atoms with Crippen LogP contribution in [0.2, 0.25) is 0 Å². The van der Waals surface area contributed by atoms with E-state index in [2.05, 4.69) is 25.2 Å². The van der Waals surface area contributed by atoms with Crippen molar-refractivity contribution in [3.05, 3.63) is 89.0 Å². The van der Waals surface area contributed by atoms with Crippen LogP contribution in [0.25, 0.3) is 0 Å². The molecule has 3 aromatic carbocycles. The zero-order chi connectivity index (χ0) is 26.6. The maximum Gasteiger partial charge on any atom is 0.330 e. The van der Waals surface area contributed by atoms with Crippen LogP contribution in [-0.2, 0) is 22.6 Å². The number of benzene rings is 3. The molecule has 0 radical (unpaired) electrons. The summed E-state index contributed by atoms with van der Waals surface area (Å²) in [4.78, 5) is 12.4. The molecule has 0 heterocycles. The predicted octanol–water partition coefficient (Wildman–Crippen LogP) is 5.99. The summed E-state index contributed by atoms with van der Waals surface area (Å²) in [5, 5.41) is 22.3. The van der Waals surface area contributed by atoms with E-state index in [-0.39, 0.29) is 6.61 Å². The van der Waals surface area contributed by atoms with E-state index in [1.807, 2.05) is 43.3 Å². The molecular formula is C30H34N2O5. The number of carboxylic acids is 1. The van der Waals surface area contributed by atoms with Crippen molar-refractivity contribution in [3.8, 4) is 17.6 Å². The van der Waals surface area contributed by atoms with Crippen LogP contribution in [0.5, 0.6) is 11.5 Å². The third-order valence-corrected chi connectivity index (χ3v) is 5.60. The van der Waals surface area contributed by atoms with Gasteiger partial charge in [0.1, 0.15) is 18.1 Å². The number of hydrogen-bond donors (Lipinski definition) is 2. The van der Waals surface area contributed by atoms with Gasteiger partial charge in [0.25, 0.3) is 0 Å². The Morgan fingerprint density at radius 2 is 1.73 bits per heavy atom. The zero-order valence-electron chi connectivity index (χ0n) is 21.6. The Labute approximate surface area is 218 Å². The standard InChI is InChI=1S/C30H34N2O5/c1-4-36-27-18-26(29(30(33)34)32-25-12-10-22(19-31)11-13-25)28(17-24(27)16-21(2)3)37-15-14-35-20-23-8-6-5-7-9-23/h5-13,17-18,21,29,32H,4,14-16,20H2,1-3H3,(H,33,34). The highest BCUT2D eigenvalue weighted by Gasteiger charge is 2.26. The normalized spacial score (nSPS) is 11.5. The first-order valence-electron chi connectivity index (χ1n) is 12.4. The van der Waals surface area contributed by atoms with Crippen LogP contribution >= 0.6 is 0 Å². The van der Waals surface area contributed by atoms with E-state index in [9.17, 15) is 9.90 Å². The topological polar surface area (TPSA) is 101 Å². The number of ether oxygens (including phenoxy) is 3. The molecule has 0 bridgehead atoms. The summed E-state index contributed by atoms with van der Waals surface area (Å²) < 4.78 is 17.8. The van der Waals surface area contributed by atoms with Gasteiger partial charge in [0.2, 0.25) is 0 Å². The van der Waals surface area contributed by atoms with E-state index >= 15 is 0 Å². The van der Waals surface area contributed by atoms with E-state index in [4.69, 9.17) is 19.5 Å². The Hall–Kier alpha value is -4.02. The highest BCUT2D eigenvalue weighted by molar-refractivity contribution is 5.81. The number of nitriles is 1. The second-order valence-corrected chi connectivity index (χ2v) is 9.02. The average Bonchev–Trinajstić information content (AvgIpc) is 2.89. The van der Waals surface area contributed by atoms with E-state index in [0.29, 0.717) is 54.1 Å². The van der Waals surface area contributed by atoms with Gasteiger partial charge in [-0.05, 0) is 66.8 Å². The molecule has 2 N–H and O–H groups in total. The summed E-state index contributed by atoms with van der Waals surface area (Å²) in [6.45, 7) is 7.68. The van der Waals surface area contributed by atoms with E-state index in [1.54, 1.807) is 30.3 Å². The van der Waals surface area contributed by atoms with Gasteiger partial charge < -0.3 is 24.6 Å². The third-order valence-electron chi connectivity index (χ3n) is 5.60. The molecule has 3 rings (SSSR count). The summed E-state index contributed by atoms with van der Waals surface area (Å²) in [5.41, 5.74) is 3.56. The molecule has 0 amide bonds. The molecule has 0 spiro atoms. The Morgan fingerprint density at radius 1 is 1.00 bits per heavy atom. The van der Waals surface area contributed by atoms with E-state index in [0.717, 1.165) is 17.5 Å². The fourth-order valence-electron chi connectivity index (χ4n) is 3.91. The predicted molar refractivity (Wildman–Crippen MR) is 143 cm³/mol. The quantitative estimate of drug-likeness (QED) is 0.261. The molecule has 37 heavy (non-hydrogen) atoms. The highest BCUT2D eigenvalue weighted by atomic mass is 16.5. The van der Waals surface area contributed by atoms with Crippen LogP contribution in [0.3, 0.4) is 0 Å². The summed E-state index contributed by atoms with van der Waals surface area (Å²) >= 11 is 0. The smallest absolute Gasteiger partial charge is 0.330 e. The van der Waals surface area contributed by atoms with Crippen molar-refractivity contribution in [1.82, 2.24) is 0 Å². The molecule has 7 nitrogen and oxygen atoms in total. The van der Waals surface area contributed by atoms with Gasteiger partial charge in [0.05, 0.1) is 31.5 Å². The molecule has 0 saturated carbocycles. The first-order chi connectivity index (χ1) is 17.9. The van der Waals surface area contributed by atoms with Crippen molar-refractivity contribution in [3.63, 3.8) is 0 Å². The second kappa shape index (κ2) is 13.9. The molecule has 7 heteroatoms. The van der Waals surface area contributed by atoms with Crippen LogP contribution in [0.4, 0.5) is 5.69 Å². The van der Waals surface area contributed by atoms with Crippen LogP contribution in [0.1, 0.15) is 49.1 Å². The molecule has 0 saturated heterocycles. The lowest BCUT2D eigenvalue weighted by Crippen LogP contribution is -2.22. The van der Waals surface area contributed by atoms with Gasteiger partial charge in [-0.15, -0.1) is 0 Å². The number of nitrogens with zero attached hydrogens (tertiary/aromatic N) is 1. The summed E-state index contributed by atoms with van der Waals surface area (Å²) in [6, 6.07) is 21.1. The Morgan fingerprint density at radius 3 is 2.35 bits per heavy atom. The largest absolute Gasteiger partial charge is 0.494 e. The first-order valence-corrected chi connectivity index (χ1v) is 12.4. The van der Waals surface area contributed by atoms with Gasteiger partial charge in [0.15, 0.2) is 6.04 Å². The molecular weight excluding hydrogens is 468 g/mol. The monoisotopic (exact) mass is 502 g/mol. The lowest BCUT2D eigenvalue weighted by molar-refractivity contribution is -0.138. The number of anilines is 1. The molecule has 0 aliphatic rings. The number of aliphatic carboxylic acids is 1. The van der Waals surface area contributed by atoms with Gasteiger partial charge in [-0.3, -0.25) is 0 Å². The van der Waals surface area contributed by atoms with Crippen molar-refractivity contribution >= 4 is 11.7 Å². The highest BCUT2D eigenvalue weighted by Crippen LogP contribution is 2.36. The summed E-state index contributed by atoms with van der Waals surface area (Å²) in [6.07, 6.45) is 0.761. The lowest BCUT2D eigenvalue weighted by atomic mass is 9.96. The van der Waals surface area contributed by atoms with Gasteiger partial charge >= 0.3 is 5.97 Å². The van der Waals surface area contributed by atoms with E-state index < -0.39 is 12.0 Å². The summed E-state index contributed by atoms with van der Waals surface area (Å²) in [7, 11) is 0. The van der Waals surface area contributed by atoms with Gasteiger partial charge in [-0.2, -0.15) is 5.26 Å². The van der Waals surface area contributed by atoms with Crippen molar-refractivity contribution < 1.29 is 24.1 Å². The van der Waals surface area contributed by atoms with Crippen LogP contribution in [0.15, 0.2) is 66.7 Å². The van der Waals surface area contributed by atoms with Crippen molar-refractivity contribution in [2.45, 2.75) is 39.8 Å². The molecule has 3 aromatic rings. The minimum absolute atomic E-state index is 0.262. The molecule has 194 valence electrons. The zero-order valence-corrected chi connectivity index (χ0v) is 21.6.